The van der Waals surface area contributed by atoms with Crippen molar-refractivity contribution in [1.29, 1.82) is 0 Å². The van der Waals surface area contributed by atoms with Gasteiger partial charge in [0.2, 0.25) is 0 Å². The molecule has 2 rings (SSSR count). The Balaban J connectivity index is 2.22. The summed E-state index contributed by atoms with van der Waals surface area (Å²) in [6.07, 6.45) is 1.31. The number of alkyl halides is 1. The molecule has 0 aliphatic rings. The van der Waals surface area contributed by atoms with Crippen LogP contribution in [-0.2, 0) is 18.5 Å². The Bertz CT molecular complexity index is 507. The van der Waals surface area contributed by atoms with Crippen LogP contribution in [-0.4, -0.2) is 6.54 Å². The van der Waals surface area contributed by atoms with Crippen molar-refractivity contribution in [2.45, 2.75) is 25.4 Å². The number of hydrogen-bond acceptors (Lipinski definition) is 1. The topological polar surface area (TPSA) is 26.0 Å². The summed E-state index contributed by atoms with van der Waals surface area (Å²) in [5.74, 6) is 0. The Morgan fingerprint density at radius 1 is 0.947 bits per heavy atom. The van der Waals surface area contributed by atoms with Crippen LogP contribution in [0.3, 0.4) is 0 Å². The van der Waals surface area contributed by atoms with E-state index >= 15 is 0 Å². The molecular weight excluding hydrogens is 237 g/mol. The van der Waals surface area contributed by atoms with Crippen LogP contribution in [0, 0.1) is 0 Å². The number of aryl methyl sites for hydroxylation is 1. The van der Waals surface area contributed by atoms with Crippen LogP contribution < -0.4 is 5.73 Å². The normalized spacial score (nSPS) is 14.1. The lowest BCUT2D eigenvalue weighted by Crippen LogP contribution is -2.32. The maximum atomic E-state index is 15.0. The van der Waals surface area contributed by atoms with Gasteiger partial charge in [-0.2, -0.15) is 0 Å². The Hall–Kier alpha value is -1.67. The Morgan fingerprint density at radius 2 is 1.53 bits per heavy atom. The summed E-state index contributed by atoms with van der Waals surface area (Å²) in [7, 11) is 0. The molecule has 0 spiro atoms. The van der Waals surface area contributed by atoms with E-state index in [0.29, 0.717) is 12.0 Å². The summed E-state index contributed by atoms with van der Waals surface area (Å²) in [6.45, 7) is 2.10. The second kappa shape index (κ2) is 5.98. The molecule has 0 saturated carbocycles. The van der Waals surface area contributed by atoms with Gasteiger partial charge >= 0.3 is 0 Å². The number of rotatable bonds is 5. The fourth-order valence-corrected chi connectivity index (χ4v) is 2.25. The molecule has 0 heterocycles. The Morgan fingerprint density at radius 3 is 2.05 bits per heavy atom. The predicted molar refractivity (Wildman–Crippen MR) is 77.8 cm³/mol. The monoisotopic (exact) mass is 257 g/mol. The largest absolute Gasteiger partial charge is 0.327 e. The van der Waals surface area contributed by atoms with Crippen molar-refractivity contribution >= 4 is 0 Å². The molecule has 0 aliphatic heterocycles. The smallest absolute Gasteiger partial charge is 0.152 e. The van der Waals surface area contributed by atoms with E-state index in [1.807, 2.05) is 30.3 Å². The molecule has 0 radical (unpaired) electrons. The summed E-state index contributed by atoms with van der Waals surface area (Å²) in [4.78, 5) is 0. The molecule has 19 heavy (non-hydrogen) atoms. The minimum atomic E-state index is -1.49. The maximum Gasteiger partial charge on any atom is 0.152 e. The van der Waals surface area contributed by atoms with Crippen molar-refractivity contribution in [3.8, 4) is 0 Å². The zero-order chi connectivity index (χ0) is 13.7. The van der Waals surface area contributed by atoms with Crippen LogP contribution in [0.1, 0.15) is 23.6 Å². The van der Waals surface area contributed by atoms with Crippen molar-refractivity contribution in [2.24, 2.45) is 5.73 Å². The van der Waals surface area contributed by atoms with E-state index < -0.39 is 5.67 Å². The second-order valence-electron chi connectivity index (χ2n) is 4.88. The molecular formula is C17H20FN. The predicted octanol–water partition coefficient (Wildman–Crippen LogP) is 3.62. The van der Waals surface area contributed by atoms with Crippen molar-refractivity contribution < 1.29 is 4.39 Å². The van der Waals surface area contributed by atoms with Crippen LogP contribution in [0.15, 0.2) is 54.6 Å². The van der Waals surface area contributed by atoms with Gasteiger partial charge in [0.15, 0.2) is 5.67 Å². The van der Waals surface area contributed by atoms with Gasteiger partial charge in [0.25, 0.3) is 0 Å². The first-order valence-electron chi connectivity index (χ1n) is 6.70. The molecule has 100 valence electrons. The fourth-order valence-electron chi connectivity index (χ4n) is 2.25. The summed E-state index contributed by atoms with van der Waals surface area (Å²) < 4.78 is 15.0. The molecule has 1 atom stereocenters. The summed E-state index contributed by atoms with van der Waals surface area (Å²) >= 11 is 0. The SMILES string of the molecule is CCc1ccc(CC(F)(CN)c2ccccc2)cc1. The minimum Gasteiger partial charge on any atom is -0.327 e. The third-order valence-electron chi connectivity index (χ3n) is 3.53. The van der Waals surface area contributed by atoms with Gasteiger partial charge in [-0.1, -0.05) is 61.5 Å². The van der Waals surface area contributed by atoms with Crippen LogP contribution >= 0.6 is 0 Å². The highest BCUT2D eigenvalue weighted by Crippen LogP contribution is 2.29. The lowest BCUT2D eigenvalue weighted by molar-refractivity contribution is 0.175. The van der Waals surface area contributed by atoms with Gasteiger partial charge in [0, 0.05) is 13.0 Å². The van der Waals surface area contributed by atoms with E-state index in [1.165, 1.54) is 5.56 Å². The van der Waals surface area contributed by atoms with Gasteiger partial charge < -0.3 is 5.73 Å². The molecule has 0 bridgehead atoms. The first-order valence-corrected chi connectivity index (χ1v) is 6.70. The highest BCUT2D eigenvalue weighted by atomic mass is 19.1. The van der Waals surface area contributed by atoms with Crippen molar-refractivity contribution in [2.75, 3.05) is 6.54 Å². The standard InChI is InChI=1S/C17H20FN/c1-2-14-8-10-15(11-9-14)12-17(18,13-19)16-6-4-3-5-7-16/h3-11H,2,12-13,19H2,1H3. The molecule has 1 unspecified atom stereocenters. The van der Waals surface area contributed by atoms with Crippen molar-refractivity contribution in [3.05, 3.63) is 71.3 Å². The highest BCUT2D eigenvalue weighted by Gasteiger charge is 2.30. The number of halogens is 1. The third-order valence-corrected chi connectivity index (χ3v) is 3.53. The molecule has 2 heteroatoms. The van der Waals surface area contributed by atoms with E-state index in [9.17, 15) is 4.39 Å². The zero-order valence-electron chi connectivity index (χ0n) is 11.3. The molecule has 2 aromatic rings. The second-order valence-corrected chi connectivity index (χ2v) is 4.88. The van der Waals surface area contributed by atoms with E-state index in [-0.39, 0.29) is 6.54 Å². The van der Waals surface area contributed by atoms with Crippen molar-refractivity contribution in [3.63, 3.8) is 0 Å². The average Bonchev–Trinajstić information content (AvgIpc) is 2.49. The molecule has 0 fully saturated rings. The van der Waals surface area contributed by atoms with Gasteiger partial charge in [-0.25, -0.2) is 4.39 Å². The third kappa shape index (κ3) is 3.21. The number of hydrogen-bond donors (Lipinski definition) is 1. The summed E-state index contributed by atoms with van der Waals surface area (Å²) in [5.41, 5.74) is 7.07. The molecule has 0 aromatic heterocycles. The van der Waals surface area contributed by atoms with Gasteiger partial charge in [-0.05, 0) is 23.1 Å². The molecule has 0 saturated heterocycles. The Labute approximate surface area is 114 Å². The molecule has 2 N–H and O–H groups in total. The number of benzene rings is 2. The average molecular weight is 257 g/mol. The molecule has 0 aliphatic carbocycles. The van der Waals surface area contributed by atoms with E-state index in [4.69, 9.17) is 5.73 Å². The van der Waals surface area contributed by atoms with Gasteiger partial charge in [-0.15, -0.1) is 0 Å². The molecule has 1 nitrogen and oxygen atoms in total. The first-order chi connectivity index (χ1) is 9.18. The Kier molecular flexibility index (Phi) is 4.33. The fraction of sp³-hybridized carbons (Fsp3) is 0.294. The van der Waals surface area contributed by atoms with Crippen molar-refractivity contribution in [1.82, 2.24) is 0 Å². The molecule has 0 amide bonds. The van der Waals surface area contributed by atoms with E-state index in [0.717, 1.165) is 12.0 Å². The zero-order valence-corrected chi connectivity index (χ0v) is 11.3. The highest BCUT2D eigenvalue weighted by molar-refractivity contribution is 5.29. The number of nitrogens with two attached hydrogens (primary N) is 1. The van der Waals surface area contributed by atoms with Crippen LogP contribution in [0.5, 0.6) is 0 Å². The minimum absolute atomic E-state index is 0.00740. The van der Waals surface area contributed by atoms with Crippen LogP contribution in [0.4, 0.5) is 4.39 Å². The summed E-state index contributed by atoms with van der Waals surface area (Å²) in [6, 6.07) is 17.3. The van der Waals surface area contributed by atoms with E-state index in [2.05, 4.69) is 19.1 Å². The summed E-state index contributed by atoms with van der Waals surface area (Å²) in [5, 5.41) is 0. The van der Waals surface area contributed by atoms with Gasteiger partial charge in [0.1, 0.15) is 0 Å². The van der Waals surface area contributed by atoms with E-state index in [1.54, 1.807) is 12.1 Å². The maximum absolute atomic E-state index is 15.0. The first kappa shape index (κ1) is 13.8. The van der Waals surface area contributed by atoms with Gasteiger partial charge in [-0.3, -0.25) is 0 Å². The quantitative estimate of drug-likeness (QED) is 0.870. The lowest BCUT2D eigenvalue weighted by Gasteiger charge is -2.24. The van der Waals surface area contributed by atoms with Crippen LogP contribution in [0.2, 0.25) is 0 Å². The lowest BCUT2D eigenvalue weighted by atomic mass is 9.88. The van der Waals surface area contributed by atoms with Crippen LogP contribution in [0.25, 0.3) is 0 Å². The molecule has 2 aromatic carbocycles. The van der Waals surface area contributed by atoms with Gasteiger partial charge in [0.05, 0.1) is 0 Å².